The molecule has 0 spiro atoms. The molecule has 5 nitrogen and oxygen atoms in total. The minimum atomic E-state index is -0.346. The quantitative estimate of drug-likeness (QED) is 0.611. The molecule has 3 rings (SSSR count). The number of dihydropyridines is 1. The van der Waals surface area contributed by atoms with Crippen LogP contribution in [0.3, 0.4) is 0 Å². The monoisotopic (exact) mass is 424 g/mol. The van der Waals surface area contributed by atoms with Crippen LogP contribution >= 0.6 is 0 Å². The zero-order chi connectivity index (χ0) is 22.5. The molecule has 1 saturated carbocycles. The van der Waals surface area contributed by atoms with Crippen molar-refractivity contribution in [3.63, 3.8) is 0 Å². The Balaban J connectivity index is 2.04. The number of aryl methyl sites for hydroxylation is 2. The van der Waals surface area contributed by atoms with Crippen molar-refractivity contribution in [1.29, 1.82) is 0 Å². The summed E-state index contributed by atoms with van der Waals surface area (Å²) in [5.41, 5.74) is 6.05. The summed E-state index contributed by atoms with van der Waals surface area (Å²) in [4.78, 5) is 26.5. The molecule has 1 aromatic rings. The number of methoxy groups -OCH3 is 1. The van der Waals surface area contributed by atoms with Gasteiger partial charge in [0.05, 0.1) is 12.7 Å². The Morgan fingerprint density at radius 2 is 1.58 bits per heavy atom. The first-order valence-corrected chi connectivity index (χ1v) is 11.6. The number of hydrogen-bond acceptors (Lipinski definition) is 4. The molecular formula is C26H36N2O3. The lowest BCUT2D eigenvalue weighted by molar-refractivity contribution is -0.137. The smallest absolute Gasteiger partial charge is 0.336 e. The minimum absolute atomic E-state index is 0.120. The summed E-state index contributed by atoms with van der Waals surface area (Å²) in [6.45, 7) is 8.05. The Morgan fingerprint density at radius 3 is 2.13 bits per heavy atom. The number of benzene rings is 1. The largest absolute Gasteiger partial charge is 0.466 e. The Labute approximate surface area is 186 Å². The second kappa shape index (κ2) is 10.2. The zero-order valence-corrected chi connectivity index (χ0v) is 19.6. The molecule has 1 heterocycles. The molecule has 1 atom stereocenters. The summed E-state index contributed by atoms with van der Waals surface area (Å²) < 4.78 is 5.14. The van der Waals surface area contributed by atoms with E-state index in [-0.39, 0.29) is 23.7 Å². The number of allylic oxidation sites excluding steroid dienone is 2. The number of carbonyl (C=O) groups is 2. The van der Waals surface area contributed by atoms with E-state index in [1.165, 1.54) is 13.5 Å². The van der Waals surface area contributed by atoms with E-state index in [4.69, 9.17) is 4.74 Å². The minimum Gasteiger partial charge on any atom is -0.466 e. The molecule has 1 aliphatic heterocycles. The molecule has 2 N–H and O–H groups in total. The van der Waals surface area contributed by atoms with Gasteiger partial charge in [0.25, 0.3) is 5.91 Å². The van der Waals surface area contributed by atoms with Crippen molar-refractivity contribution in [3.8, 4) is 0 Å². The van der Waals surface area contributed by atoms with Crippen molar-refractivity contribution in [2.45, 2.75) is 72.6 Å². The van der Waals surface area contributed by atoms with E-state index in [2.05, 4.69) is 36.6 Å². The third-order valence-electron chi connectivity index (χ3n) is 6.81. The van der Waals surface area contributed by atoms with Crippen molar-refractivity contribution < 1.29 is 14.3 Å². The van der Waals surface area contributed by atoms with Crippen LogP contribution in [0.4, 0.5) is 5.69 Å². The van der Waals surface area contributed by atoms with Crippen molar-refractivity contribution in [1.82, 2.24) is 5.32 Å². The molecular weight excluding hydrogens is 388 g/mol. The molecule has 168 valence electrons. The van der Waals surface area contributed by atoms with Gasteiger partial charge in [-0.25, -0.2) is 4.79 Å². The average molecular weight is 425 g/mol. The summed E-state index contributed by atoms with van der Waals surface area (Å²) in [5.74, 6) is -0.442. The molecule has 1 aromatic carbocycles. The highest BCUT2D eigenvalue weighted by Crippen LogP contribution is 2.42. The summed E-state index contributed by atoms with van der Waals surface area (Å²) >= 11 is 0. The van der Waals surface area contributed by atoms with Crippen molar-refractivity contribution in [2.24, 2.45) is 11.8 Å². The Morgan fingerprint density at radius 1 is 1.00 bits per heavy atom. The second-order valence-electron chi connectivity index (χ2n) is 8.68. The van der Waals surface area contributed by atoms with Crippen LogP contribution in [-0.2, 0) is 27.2 Å². The highest BCUT2D eigenvalue weighted by Gasteiger charge is 2.41. The number of ether oxygens (including phenoxy) is 1. The lowest BCUT2D eigenvalue weighted by Crippen LogP contribution is -2.38. The third-order valence-corrected chi connectivity index (χ3v) is 6.81. The van der Waals surface area contributed by atoms with E-state index in [0.717, 1.165) is 66.7 Å². The Kier molecular flexibility index (Phi) is 7.58. The van der Waals surface area contributed by atoms with Gasteiger partial charge in [0.1, 0.15) is 0 Å². The number of rotatable bonds is 6. The molecule has 0 radical (unpaired) electrons. The van der Waals surface area contributed by atoms with Crippen molar-refractivity contribution in [2.75, 3.05) is 12.4 Å². The first-order valence-electron chi connectivity index (χ1n) is 11.6. The number of esters is 1. The second-order valence-corrected chi connectivity index (χ2v) is 8.68. The molecule has 31 heavy (non-hydrogen) atoms. The molecule has 0 bridgehead atoms. The predicted molar refractivity (Wildman–Crippen MR) is 124 cm³/mol. The van der Waals surface area contributed by atoms with Crippen molar-refractivity contribution >= 4 is 17.6 Å². The van der Waals surface area contributed by atoms with Gasteiger partial charge in [0.2, 0.25) is 0 Å². The topological polar surface area (TPSA) is 67.4 Å². The van der Waals surface area contributed by atoms with Crippen LogP contribution in [-0.4, -0.2) is 19.0 Å². The van der Waals surface area contributed by atoms with Gasteiger partial charge in [-0.05, 0) is 56.6 Å². The van der Waals surface area contributed by atoms with Gasteiger partial charge in [0.15, 0.2) is 0 Å². The van der Waals surface area contributed by atoms with Crippen LogP contribution in [0.1, 0.15) is 70.9 Å². The highest BCUT2D eigenvalue weighted by atomic mass is 16.5. The van der Waals surface area contributed by atoms with E-state index in [9.17, 15) is 9.59 Å². The summed E-state index contributed by atoms with van der Waals surface area (Å²) in [5, 5.41) is 6.52. The van der Waals surface area contributed by atoms with E-state index in [0.29, 0.717) is 11.1 Å². The van der Waals surface area contributed by atoms with Crippen LogP contribution in [0.25, 0.3) is 0 Å². The van der Waals surface area contributed by atoms with Gasteiger partial charge in [-0.3, -0.25) is 4.79 Å². The number of para-hydroxylation sites is 1. The maximum absolute atomic E-state index is 13.7. The van der Waals surface area contributed by atoms with Gasteiger partial charge >= 0.3 is 5.97 Å². The predicted octanol–water partition coefficient (Wildman–Crippen LogP) is 5.27. The van der Waals surface area contributed by atoms with Gasteiger partial charge in [-0.15, -0.1) is 0 Å². The van der Waals surface area contributed by atoms with Gasteiger partial charge < -0.3 is 15.4 Å². The standard InChI is InChI=1S/C26H36N2O3/c1-6-18-14-11-15-19(7-2)24(18)28-25(29)21-16(3)27-17(4)22(26(30)31-5)23(21)20-12-9-8-10-13-20/h11,14-15,20,23,27H,6-10,12-13H2,1-5H3,(H,28,29). The molecule has 0 aromatic heterocycles. The first kappa shape index (κ1) is 23.1. The fourth-order valence-electron chi connectivity index (χ4n) is 5.25. The maximum Gasteiger partial charge on any atom is 0.336 e. The molecule has 1 unspecified atom stereocenters. The summed E-state index contributed by atoms with van der Waals surface area (Å²) in [6.07, 6.45) is 7.22. The SMILES string of the molecule is CCc1cccc(CC)c1NC(=O)C1=C(C)NC(C)=C(C(=O)OC)C1C1CCCCC1. The van der Waals surface area contributed by atoms with Crippen LogP contribution < -0.4 is 10.6 Å². The summed E-state index contributed by atoms with van der Waals surface area (Å²) in [6, 6.07) is 6.18. The van der Waals surface area contributed by atoms with Crippen LogP contribution in [0.2, 0.25) is 0 Å². The van der Waals surface area contributed by atoms with E-state index >= 15 is 0 Å². The fraction of sp³-hybridized carbons (Fsp3) is 0.538. The third kappa shape index (κ3) is 4.70. The first-order chi connectivity index (χ1) is 14.9. The van der Waals surface area contributed by atoms with E-state index < -0.39 is 0 Å². The fourth-order valence-corrected chi connectivity index (χ4v) is 5.25. The lowest BCUT2D eigenvalue weighted by Gasteiger charge is -2.37. The summed E-state index contributed by atoms with van der Waals surface area (Å²) in [7, 11) is 1.41. The molecule has 1 aliphatic carbocycles. The molecule has 2 aliphatic rings. The Hall–Kier alpha value is -2.56. The maximum atomic E-state index is 13.7. The van der Waals surface area contributed by atoms with Crippen molar-refractivity contribution in [3.05, 3.63) is 51.9 Å². The normalized spacial score (nSPS) is 19.8. The average Bonchev–Trinajstić information content (AvgIpc) is 2.78. The number of anilines is 1. The van der Waals surface area contributed by atoms with Gasteiger partial charge in [-0.2, -0.15) is 0 Å². The number of carbonyl (C=O) groups excluding carboxylic acids is 2. The number of amides is 1. The zero-order valence-electron chi connectivity index (χ0n) is 19.6. The molecule has 0 saturated heterocycles. The lowest BCUT2D eigenvalue weighted by atomic mass is 9.70. The highest BCUT2D eigenvalue weighted by molar-refractivity contribution is 6.07. The van der Waals surface area contributed by atoms with Gasteiger partial charge in [0, 0.05) is 28.6 Å². The van der Waals surface area contributed by atoms with Crippen LogP contribution in [0, 0.1) is 11.8 Å². The van der Waals surface area contributed by atoms with E-state index in [1.54, 1.807) is 0 Å². The number of hydrogen-bond donors (Lipinski definition) is 2. The van der Waals surface area contributed by atoms with Crippen LogP contribution in [0.5, 0.6) is 0 Å². The number of nitrogens with one attached hydrogen (secondary N) is 2. The Bertz CT molecular complexity index is 885. The molecule has 1 fully saturated rings. The van der Waals surface area contributed by atoms with Gasteiger partial charge in [-0.1, -0.05) is 51.3 Å². The van der Waals surface area contributed by atoms with E-state index in [1.807, 2.05) is 19.9 Å². The molecule has 5 heteroatoms. The van der Waals surface area contributed by atoms with Crippen LogP contribution in [0.15, 0.2) is 40.7 Å². The molecule has 1 amide bonds.